The third kappa shape index (κ3) is 11.9. The van der Waals surface area contributed by atoms with Crippen LogP contribution in [0.25, 0.3) is 0 Å². The van der Waals surface area contributed by atoms with Crippen molar-refractivity contribution in [3.63, 3.8) is 0 Å². The van der Waals surface area contributed by atoms with Crippen molar-refractivity contribution in [1.82, 2.24) is 25.3 Å². The van der Waals surface area contributed by atoms with Crippen LogP contribution < -0.4 is 21.3 Å². The third-order valence-electron chi connectivity index (χ3n) is 10.7. The highest BCUT2D eigenvalue weighted by Crippen LogP contribution is 2.29. The SMILES string of the molecule is COC(=O)N[C@H](C(=O)N1CCC[C@H]1C(=O)Nc1ccc(CN(Cc2ccc(NC(=O)[C@@H]3CCCN3C(=O)[C@@H](NC(=O)OC)C(C)(C)C)cc2)C(C)C)cc1)C(C)(C)C. The number of rotatable bonds is 13. The molecule has 0 saturated carbocycles. The van der Waals surface area contributed by atoms with E-state index in [-0.39, 0.29) is 29.7 Å². The predicted molar refractivity (Wildman–Crippen MR) is 222 cm³/mol. The first-order valence-electron chi connectivity index (χ1n) is 20.1. The van der Waals surface area contributed by atoms with E-state index in [0.29, 0.717) is 63.2 Å². The van der Waals surface area contributed by atoms with E-state index in [9.17, 15) is 28.8 Å². The maximum Gasteiger partial charge on any atom is 0.407 e. The fourth-order valence-electron chi connectivity index (χ4n) is 7.32. The molecule has 4 atom stereocenters. The van der Waals surface area contributed by atoms with Gasteiger partial charge in [0.1, 0.15) is 24.2 Å². The molecule has 15 heteroatoms. The number of alkyl carbamates (subject to hydrolysis) is 2. The van der Waals surface area contributed by atoms with Gasteiger partial charge in [-0.25, -0.2) is 9.59 Å². The van der Waals surface area contributed by atoms with Gasteiger partial charge in [0.2, 0.25) is 23.6 Å². The van der Waals surface area contributed by atoms with E-state index >= 15 is 0 Å². The van der Waals surface area contributed by atoms with Crippen LogP contribution in [0.5, 0.6) is 0 Å². The van der Waals surface area contributed by atoms with E-state index in [0.717, 1.165) is 11.1 Å². The van der Waals surface area contributed by atoms with E-state index in [2.05, 4.69) is 40.0 Å². The van der Waals surface area contributed by atoms with Crippen molar-refractivity contribution in [2.45, 2.75) is 124 Å². The van der Waals surface area contributed by atoms with Crippen LogP contribution in [0.15, 0.2) is 48.5 Å². The molecule has 0 radical (unpaired) electrons. The van der Waals surface area contributed by atoms with Gasteiger partial charge in [-0.05, 0) is 85.8 Å². The van der Waals surface area contributed by atoms with Crippen LogP contribution in [-0.4, -0.2) is 108 Å². The molecule has 2 aromatic rings. The Morgan fingerprint density at radius 2 is 0.983 bits per heavy atom. The second-order valence-corrected chi connectivity index (χ2v) is 17.6. The number of ether oxygens (including phenoxy) is 2. The highest BCUT2D eigenvalue weighted by atomic mass is 16.5. The average molecular weight is 806 g/mol. The molecule has 2 fully saturated rings. The predicted octanol–water partition coefficient (Wildman–Crippen LogP) is 5.50. The molecule has 0 bridgehead atoms. The summed E-state index contributed by atoms with van der Waals surface area (Å²) in [5, 5.41) is 11.2. The van der Waals surface area contributed by atoms with Crippen molar-refractivity contribution in [2.75, 3.05) is 37.9 Å². The van der Waals surface area contributed by atoms with Crippen LogP contribution in [-0.2, 0) is 41.7 Å². The summed E-state index contributed by atoms with van der Waals surface area (Å²) in [6, 6.07) is 12.5. The Morgan fingerprint density at radius 3 is 1.28 bits per heavy atom. The number of carbonyl (C=O) groups excluding carboxylic acids is 6. The second-order valence-electron chi connectivity index (χ2n) is 17.6. The highest BCUT2D eigenvalue weighted by Gasteiger charge is 2.43. The van der Waals surface area contributed by atoms with Crippen LogP contribution in [0.4, 0.5) is 21.0 Å². The molecule has 318 valence electrons. The first-order chi connectivity index (χ1) is 27.2. The molecular formula is C43H63N7O8. The molecule has 2 aliphatic rings. The summed E-state index contributed by atoms with van der Waals surface area (Å²) in [4.78, 5) is 83.5. The molecule has 0 spiro atoms. The van der Waals surface area contributed by atoms with Crippen LogP contribution in [0, 0.1) is 10.8 Å². The lowest BCUT2D eigenvalue weighted by molar-refractivity contribution is -0.140. The molecule has 6 amide bonds. The standard InChI is InChI=1S/C43H63N7O8/c1-27(2)48(25-28-15-19-30(20-16-28)44-36(51)32-13-11-23-49(32)38(53)34(42(3,4)5)46-40(55)57-9)26-29-17-21-31(22-18-29)45-37(52)33-14-12-24-50(33)39(54)35(43(6,7)8)47-41(56)58-10/h15-22,27,32-35H,11-14,23-26H2,1-10H3,(H,44,51)(H,45,52)(H,46,55)(H,47,56)/t32-,33-,34+,35+/m0/s1. The lowest BCUT2D eigenvalue weighted by Crippen LogP contribution is -2.57. The van der Waals surface area contributed by atoms with Gasteiger partial charge >= 0.3 is 12.2 Å². The summed E-state index contributed by atoms with van der Waals surface area (Å²) < 4.78 is 9.49. The summed E-state index contributed by atoms with van der Waals surface area (Å²) in [5.74, 6) is -1.18. The molecule has 2 saturated heterocycles. The van der Waals surface area contributed by atoms with E-state index < -0.39 is 47.2 Å². The number of amides is 6. The molecular weight excluding hydrogens is 743 g/mol. The summed E-state index contributed by atoms with van der Waals surface area (Å²) in [5.41, 5.74) is 2.17. The molecule has 15 nitrogen and oxygen atoms in total. The monoisotopic (exact) mass is 805 g/mol. The first-order valence-corrected chi connectivity index (χ1v) is 20.1. The molecule has 58 heavy (non-hydrogen) atoms. The number of hydrogen-bond acceptors (Lipinski definition) is 9. The normalized spacial score (nSPS) is 18.1. The number of anilines is 2. The van der Waals surface area contributed by atoms with Crippen LogP contribution >= 0.6 is 0 Å². The summed E-state index contributed by atoms with van der Waals surface area (Å²) in [7, 11) is 2.50. The Labute approximate surface area is 342 Å². The quantitative estimate of drug-likeness (QED) is 0.204. The van der Waals surface area contributed by atoms with Gasteiger partial charge in [0, 0.05) is 43.6 Å². The molecule has 2 aromatic carbocycles. The molecule has 2 aliphatic heterocycles. The van der Waals surface area contributed by atoms with E-state index in [1.165, 1.54) is 14.2 Å². The number of nitrogens with zero attached hydrogens (tertiary/aromatic N) is 3. The zero-order chi connectivity index (χ0) is 42.9. The highest BCUT2D eigenvalue weighted by molar-refractivity contribution is 5.99. The van der Waals surface area contributed by atoms with E-state index in [4.69, 9.17) is 9.47 Å². The molecule has 0 aromatic heterocycles. The maximum absolute atomic E-state index is 13.6. The topological polar surface area (TPSA) is 179 Å². The van der Waals surface area contributed by atoms with Gasteiger partial charge in [-0.3, -0.25) is 24.1 Å². The molecule has 0 aliphatic carbocycles. The van der Waals surface area contributed by atoms with Crippen LogP contribution in [0.1, 0.15) is 92.2 Å². The molecule has 0 unspecified atom stereocenters. The Kier molecular flexibility index (Phi) is 15.3. The minimum atomic E-state index is -0.853. The molecule has 4 rings (SSSR count). The average Bonchev–Trinajstić information content (AvgIpc) is 3.87. The van der Waals surface area contributed by atoms with E-state index in [1.54, 1.807) is 9.80 Å². The fourth-order valence-corrected chi connectivity index (χ4v) is 7.32. The van der Waals surface area contributed by atoms with Crippen molar-refractivity contribution in [3.05, 3.63) is 59.7 Å². The largest absolute Gasteiger partial charge is 0.453 e. The van der Waals surface area contributed by atoms with Crippen molar-refractivity contribution in [2.24, 2.45) is 10.8 Å². The smallest absolute Gasteiger partial charge is 0.407 e. The van der Waals surface area contributed by atoms with Crippen LogP contribution in [0.2, 0.25) is 0 Å². The zero-order valence-electron chi connectivity index (χ0n) is 35.8. The number of nitrogens with one attached hydrogen (secondary N) is 4. The number of benzene rings is 2. The van der Waals surface area contributed by atoms with Crippen molar-refractivity contribution in [1.29, 1.82) is 0 Å². The Bertz CT molecular complexity index is 1640. The number of likely N-dealkylation sites (tertiary alicyclic amines) is 2. The number of carbonyl (C=O) groups is 6. The third-order valence-corrected chi connectivity index (χ3v) is 10.7. The minimum Gasteiger partial charge on any atom is -0.453 e. The van der Waals surface area contributed by atoms with Gasteiger partial charge < -0.3 is 40.5 Å². The lowest BCUT2D eigenvalue weighted by atomic mass is 9.85. The van der Waals surface area contributed by atoms with Gasteiger partial charge in [0.15, 0.2) is 0 Å². The molecule has 2 heterocycles. The second kappa shape index (κ2) is 19.5. The van der Waals surface area contributed by atoms with Gasteiger partial charge in [-0.15, -0.1) is 0 Å². The van der Waals surface area contributed by atoms with E-state index in [1.807, 2.05) is 90.1 Å². The van der Waals surface area contributed by atoms with Crippen molar-refractivity contribution >= 4 is 47.2 Å². The fraction of sp³-hybridized carbons (Fsp3) is 0.581. The maximum atomic E-state index is 13.6. The Morgan fingerprint density at radius 1 is 0.638 bits per heavy atom. The summed E-state index contributed by atoms with van der Waals surface area (Å²) in [6.45, 7) is 17.5. The Hall–Kier alpha value is -5.18. The van der Waals surface area contributed by atoms with Crippen LogP contribution in [0.3, 0.4) is 0 Å². The Balaban J connectivity index is 1.34. The van der Waals surface area contributed by atoms with Crippen molar-refractivity contribution in [3.8, 4) is 0 Å². The van der Waals surface area contributed by atoms with Gasteiger partial charge in [0.05, 0.1) is 14.2 Å². The first kappa shape index (κ1) is 45.5. The number of methoxy groups -OCH3 is 2. The summed E-state index contributed by atoms with van der Waals surface area (Å²) in [6.07, 6.45) is 1.01. The zero-order valence-corrected chi connectivity index (χ0v) is 35.8. The van der Waals surface area contributed by atoms with Gasteiger partial charge in [-0.2, -0.15) is 0 Å². The van der Waals surface area contributed by atoms with Gasteiger partial charge in [0.25, 0.3) is 0 Å². The number of hydrogen-bond donors (Lipinski definition) is 4. The lowest BCUT2D eigenvalue weighted by Gasteiger charge is -2.35. The summed E-state index contributed by atoms with van der Waals surface area (Å²) >= 11 is 0. The minimum absolute atomic E-state index is 0.215. The molecule has 4 N–H and O–H groups in total. The van der Waals surface area contributed by atoms with Gasteiger partial charge in [-0.1, -0.05) is 65.8 Å². The van der Waals surface area contributed by atoms with Crippen molar-refractivity contribution < 1.29 is 38.2 Å².